The molecule has 3 rings (SSSR count). The molecule has 1 amide bonds. The highest BCUT2D eigenvalue weighted by atomic mass is 19.1. The first-order valence-electron chi connectivity index (χ1n) is 7.49. The number of amides is 1. The Morgan fingerprint density at radius 1 is 1.19 bits per heavy atom. The first-order valence-corrected chi connectivity index (χ1v) is 7.49. The van der Waals surface area contributed by atoms with Crippen LogP contribution < -0.4 is 10.1 Å². The Morgan fingerprint density at radius 2 is 1.92 bits per heavy atom. The molecule has 0 spiro atoms. The molecule has 0 aliphatic heterocycles. The van der Waals surface area contributed by atoms with Gasteiger partial charge in [-0.25, -0.2) is 9.07 Å². The van der Waals surface area contributed by atoms with Gasteiger partial charge in [-0.2, -0.15) is 5.10 Å². The molecule has 9 heteroatoms. The van der Waals surface area contributed by atoms with Gasteiger partial charge in [0.05, 0.1) is 4.92 Å². The van der Waals surface area contributed by atoms with E-state index in [4.69, 9.17) is 4.74 Å². The first kappa shape index (κ1) is 17.1. The van der Waals surface area contributed by atoms with E-state index in [9.17, 15) is 19.3 Å². The van der Waals surface area contributed by atoms with Crippen LogP contribution in [0.25, 0.3) is 0 Å². The second kappa shape index (κ2) is 7.43. The summed E-state index contributed by atoms with van der Waals surface area (Å²) >= 11 is 0. The molecule has 0 fully saturated rings. The summed E-state index contributed by atoms with van der Waals surface area (Å²) in [7, 11) is 0. The second-order valence-corrected chi connectivity index (χ2v) is 5.20. The van der Waals surface area contributed by atoms with Gasteiger partial charge < -0.3 is 10.1 Å². The Balaban J connectivity index is 1.65. The van der Waals surface area contributed by atoms with E-state index in [1.807, 2.05) is 0 Å². The minimum Gasteiger partial charge on any atom is -0.471 e. The van der Waals surface area contributed by atoms with Crippen molar-refractivity contribution in [2.75, 3.05) is 5.32 Å². The van der Waals surface area contributed by atoms with Crippen molar-refractivity contribution in [3.05, 3.63) is 82.4 Å². The number of carbonyl (C=O) groups is 1. The van der Waals surface area contributed by atoms with E-state index in [1.165, 1.54) is 59.4 Å². The number of aromatic nitrogens is 2. The Bertz CT molecular complexity index is 940. The lowest BCUT2D eigenvalue weighted by atomic mass is 10.2. The maximum Gasteiger partial charge on any atom is 0.292 e. The summed E-state index contributed by atoms with van der Waals surface area (Å²) in [6, 6.07) is 12.8. The van der Waals surface area contributed by atoms with Crippen LogP contribution in [0.15, 0.2) is 60.8 Å². The van der Waals surface area contributed by atoms with Gasteiger partial charge in [-0.1, -0.05) is 12.1 Å². The number of benzene rings is 2. The molecule has 132 valence electrons. The highest BCUT2D eigenvalue weighted by Crippen LogP contribution is 2.23. The van der Waals surface area contributed by atoms with Crippen molar-refractivity contribution >= 4 is 17.3 Å². The fraction of sp³-hybridized carbons (Fsp3) is 0.0588. The number of carbonyl (C=O) groups excluding carboxylic acids is 1. The lowest BCUT2D eigenvalue weighted by Gasteiger charge is -2.06. The van der Waals surface area contributed by atoms with Crippen molar-refractivity contribution < 1.29 is 18.8 Å². The second-order valence-electron chi connectivity index (χ2n) is 5.20. The predicted molar refractivity (Wildman–Crippen MR) is 90.3 cm³/mol. The molecule has 0 saturated heterocycles. The van der Waals surface area contributed by atoms with Crippen molar-refractivity contribution in [1.82, 2.24) is 9.78 Å². The van der Waals surface area contributed by atoms with Crippen LogP contribution in [-0.4, -0.2) is 20.6 Å². The summed E-state index contributed by atoms with van der Waals surface area (Å²) < 4.78 is 19.6. The van der Waals surface area contributed by atoms with Crippen LogP contribution in [-0.2, 0) is 6.73 Å². The quantitative estimate of drug-likeness (QED) is 0.540. The van der Waals surface area contributed by atoms with E-state index >= 15 is 0 Å². The van der Waals surface area contributed by atoms with Crippen molar-refractivity contribution in [3.8, 4) is 5.75 Å². The minimum atomic E-state index is -0.583. The maximum atomic E-state index is 12.8. The minimum absolute atomic E-state index is 0.0183. The van der Waals surface area contributed by atoms with E-state index in [-0.39, 0.29) is 29.6 Å². The number of nitrogens with zero attached hydrogens (tertiary/aromatic N) is 3. The van der Waals surface area contributed by atoms with Gasteiger partial charge in [-0.3, -0.25) is 14.9 Å². The number of hydrogen-bond donors (Lipinski definition) is 1. The van der Waals surface area contributed by atoms with Crippen LogP contribution >= 0.6 is 0 Å². The summed E-state index contributed by atoms with van der Waals surface area (Å²) in [5.41, 5.74) is -0.0506. The number of ether oxygens (including phenoxy) is 1. The van der Waals surface area contributed by atoms with Gasteiger partial charge in [0.15, 0.2) is 12.4 Å². The topological polar surface area (TPSA) is 99.3 Å². The molecular formula is C17H13FN4O4. The zero-order valence-electron chi connectivity index (χ0n) is 13.3. The van der Waals surface area contributed by atoms with Gasteiger partial charge in [0.25, 0.3) is 11.6 Å². The van der Waals surface area contributed by atoms with Crippen LogP contribution in [0, 0.1) is 15.9 Å². The Kier molecular flexibility index (Phi) is 4.88. The molecule has 0 saturated carbocycles. The number of anilines is 1. The third-order valence-electron chi connectivity index (χ3n) is 3.40. The van der Waals surface area contributed by atoms with E-state index in [1.54, 1.807) is 6.07 Å². The summed E-state index contributed by atoms with van der Waals surface area (Å²) in [5.74, 6) is -0.502. The number of halogens is 1. The molecular weight excluding hydrogens is 343 g/mol. The molecule has 0 radical (unpaired) electrons. The van der Waals surface area contributed by atoms with Gasteiger partial charge >= 0.3 is 0 Å². The third-order valence-corrected chi connectivity index (χ3v) is 3.40. The number of rotatable bonds is 6. The fourth-order valence-corrected chi connectivity index (χ4v) is 2.15. The lowest BCUT2D eigenvalue weighted by molar-refractivity contribution is -0.383. The molecule has 1 N–H and O–H groups in total. The molecule has 1 heterocycles. The van der Waals surface area contributed by atoms with Crippen molar-refractivity contribution in [2.24, 2.45) is 0 Å². The van der Waals surface area contributed by atoms with Crippen LogP contribution in [0.5, 0.6) is 5.75 Å². The standard InChI is InChI=1S/C17H13FN4O4/c18-12-5-7-13(8-6-12)26-11-21-10-9-15(20-21)17(23)19-14-3-1-2-4-16(14)22(24)25/h1-10H,11H2,(H,19,23). The van der Waals surface area contributed by atoms with Crippen LogP contribution in [0.3, 0.4) is 0 Å². The molecule has 0 aliphatic rings. The monoisotopic (exact) mass is 356 g/mol. The smallest absolute Gasteiger partial charge is 0.292 e. The summed E-state index contributed by atoms with van der Waals surface area (Å²) in [4.78, 5) is 22.6. The van der Waals surface area contributed by atoms with Gasteiger partial charge in [0, 0.05) is 12.3 Å². The third kappa shape index (κ3) is 4.01. The number of nitro groups is 1. The zero-order chi connectivity index (χ0) is 18.5. The molecule has 0 atom stereocenters. The molecule has 3 aromatic rings. The van der Waals surface area contributed by atoms with E-state index in [2.05, 4.69) is 10.4 Å². The summed E-state index contributed by atoms with van der Waals surface area (Å²) in [5, 5.41) is 17.5. The maximum absolute atomic E-state index is 12.8. The highest BCUT2D eigenvalue weighted by molar-refractivity contribution is 6.04. The fourth-order valence-electron chi connectivity index (χ4n) is 2.15. The molecule has 0 aliphatic carbocycles. The van der Waals surface area contributed by atoms with E-state index in [0.29, 0.717) is 5.75 Å². The van der Waals surface area contributed by atoms with Gasteiger partial charge in [-0.15, -0.1) is 0 Å². The van der Waals surface area contributed by atoms with Gasteiger partial charge in [0.1, 0.15) is 17.3 Å². The van der Waals surface area contributed by atoms with E-state index < -0.39 is 10.8 Å². The Labute approximate surface area is 147 Å². The number of nitrogens with one attached hydrogen (secondary N) is 1. The molecule has 26 heavy (non-hydrogen) atoms. The predicted octanol–water partition coefficient (Wildman–Crippen LogP) is 3.22. The summed E-state index contributed by atoms with van der Waals surface area (Å²) in [6.45, 7) is 0.0183. The molecule has 8 nitrogen and oxygen atoms in total. The van der Waals surface area contributed by atoms with Gasteiger partial charge in [-0.05, 0) is 36.4 Å². The zero-order valence-corrected chi connectivity index (χ0v) is 13.3. The Morgan fingerprint density at radius 3 is 2.65 bits per heavy atom. The largest absolute Gasteiger partial charge is 0.471 e. The average molecular weight is 356 g/mol. The van der Waals surface area contributed by atoms with Crippen LogP contribution in [0.2, 0.25) is 0 Å². The van der Waals surface area contributed by atoms with E-state index in [0.717, 1.165) is 0 Å². The SMILES string of the molecule is O=C(Nc1ccccc1[N+](=O)[O-])c1ccn(COc2ccc(F)cc2)n1. The highest BCUT2D eigenvalue weighted by Gasteiger charge is 2.17. The first-order chi connectivity index (χ1) is 12.5. The average Bonchev–Trinajstić information content (AvgIpc) is 3.11. The van der Waals surface area contributed by atoms with Gasteiger partial charge in [0.2, 0.25) is 0 Å². The molecule has 1 aromatic heterocycles. The van der Waals surface area contributed by atoms with Crippen molar-refractivity contribution in [1.29, 1.82) is 0 Å². The molecule has 0 unspecified atom stereocenters. The number of hydrogen-bond acceptors (Lipinski definition) is 5. The van der Waals surface area contributed by atoms with Crippen molar-refractivity contribution in [2.45, 2.75) is 6.73 Å². The lowest BCUT2D eigenvalue weighted by Crippen LogP contribution is -2.15. The number of nitro benzene ring substituents is 1. The normalized spacial score (nSPS) is 10.3. The van der Waals surface area contributed by atoms with Crippen LogP contribution in [0.1, 0.15) is 10.5 Å². The molecule has 2 aromatic carbocycles. The summed E-state index contributed by atoms with van der Waals surface area (Å²) in [6.07, 6.45) is 1.53. The molecule has 0 bridgehead atoms. The van der Waals surface area contributed by atoms with Crippen molar-refractivity contribution in [3.63, 3.8) is 0 Å². The number of para-hydroxylation sites is 2. The van der Waals surface area contributed by atoms with Crippen LogP contribution in [0.4, 0.5) is 15.8 Å². The Hall–Kier alpha value is -3.75.